The molecule has 0 aliphatic carbocycles. The molecule has 0 aliphatic rings. The summed E-state index contributed by atoms with van der Waals surface area (Å²) in [6.07, 6.45) is 1.23. The minimum Gasteiger partial charge on any atom is -0.479 e. The van der Waals surface area contributed by atoms with E-state index in [-0.39, 0.29) is 23.2 Å². The maximum Gasteiger partial charge on any atom is 0.249 e. The first-order valence-corrected chi connectivity index (χ1v) is 5.20. The summed E-state index contributed by atoms with van der Waals surface area (Å²) in [5.41, 5.74) is 6.72. The standard InChI is InChI=1S/C12H12FN3O2/c1-7-3-4-8(13)9(5-7)18-12-10(14)11(17-2)15-6-16-12/h3-6H,14H2,1-2H3. The molecule has 1 aromatic carbocycles. The third kappa shape index (κ3) is 2.32. The molecule has 0 fully saturated rings. The summed E-state index contributed by atoms with van der Waals surface area (Å²) in [6.45, 7) is 1.83. The van der Waals surface area contributed by atoms with Crippen LogP contribution in [0.3, 0.4) is 0 Å². The number of methoxy groups -OCH3 is 1. The molecule has 0 aliphatic heterocycles. The number of nitrogens with zero attached hydrogens (tertiary/aromatic N) is 2. The highest BCUT2D eigenvalue weighted by Gasteiger charge is 2.12. The summed E-state index contributed by atoms with van der Waals surface area (Å²) in [5, 5.41) is 0. The summed E-state index contributed by atoms with van der Waals surface area (Å²) >= 11 is 0. The third-order valence-electron chi connectivity index (χ3n) is 2.30. The summed E-state index contributed by atoms with van der Waals surface area (Å²) < 4.78 is 23.8. The molecule has 2 rings (SSSR count). The lowest BCUT2D eigenvalue weighted by Gasteiger charge is -2.10. The van der Waals surface area contributed by atoms with Crippen LogP contribution in [0.5, 0.6) is 17.5 Å². The number of halogens is 1. The fourth-order valence-electron chi connectivity index (χ4n) is 1.40. The number of nitrogen functional groups attached to an aromatic ring is 1. The number of rotatable bonds is 3. The Balaban J connectivity index is 2.37. The lowest BCUT2D eigenvalue weighted by molar-refractivity contribution is 0.387. The van der Waals surface area contributed by atoms with Gasteiger partial charge in [0.15, 0.2) is 17.3 Å². The van der Waals surface area contributed by atoms with E-state index in [2.05, 4.69) is 9.97 Å². The average Bonchev–Trinajstić information content (AvgIpc) is 2.36. The van der Waals surface area contributed by atoms with Gasteiger partial charge in [-0.05, 0) is 24.6 Å². The molecule has 0 radical (unpaired) electrons. The van der Waals surface area contributed by atoms with Crippen molar-refractivity contribution in [2.45, 2.75) is 6.92 Å². The summed E-state index contributed by atoms with van der Waals surface area (Å²) in [5.74, 6) is -0.181. The predicted molar refractivity (Wildman–Crippen MR) is 64.2 cm³/mol. The average molecular weight is 249 g/mol. The molecule has 1 aromatic heterocycles. The lowest BCUT2D eigenvalue weighted by Crippen LogP contribution is -2.01. The van der Waals surface area contributed by atoms with E-state index in [0.29, 0.717) is 0 Å². The van der Waals surface area contributed by atoms with Gasteiger partial charge in [-0.15, -0.1) is 0 Å². The number of nitrogens with two attached hydrogens (primary N) is 1. The molecule has 0 unspecified atom stereocenters. The largest absolute Gasteiger partial charge is 0.479 e. The van der Waals surface area contributed by atoms with Crippen LogP contribution in [0.1, 0.15) is 5.56 Å². The molecular weight excluding hydrogens is 237 g/mol. The summed E-state index contributed by atoms with van der Waals surface area (Å²) in [7, 11) is 1.43. The topological polar surface area (TPSA) is 70.3 Å². The highest BCUT2D eigenvalue weighted by atomic mass is 19.1. The van der Waals surface area contributed by atoms with Crippen LogP contribution in [0.25, 0.3) is 0 Å². The van der Waals surface area contributed by atoms with Crippen LogP contribution in [0.4, 0.5) is 10.1 Å². The van der Waals surface area contributed by atoms with Crippen LogP contribution in [-0.4, -0.2) is 17.1 Å². The van der Waals surface area contributed by atoms with E-state index in [9.17, 15) is 4.39 Å². The van der Waals surface area contributed by atoms with Gasteiger partial charge in [-0.2, -0.15) is 9.97 Å². The van der Waals surface area contributed by atoms with Crippen LogP contribution in [0.2, 0.25) is 0 Å². The lowest BCUT2D eigenvalue weighted by atomic mass is 10.2. The van der Waals surface area contributed by atoms with Gasteiger partial charge in [-0.1, -0.05) is 6.07 Å². The van der Waals surface area contributed by atoms with Crippen molar-refractivity contribution in [3.63, 3.8) is 0 Å². The van der Waals surface area contributed by atoms with Gasteiger partial charge in [-0.3, -0.25) is 0 Å². The monoisotopic (exact) mass is 249 g/mol. The molecule has 18 heavy (non-hydrogen) atoms. The van der Waals surface area contributed by atoms with E-state index in [1.807, 2.05) is 6.92 Å². The van der Waals surface area contributed by atoms with E-state index in [4.69, 9.17) is 15.2 Å². The normalized spacial score (nSPS) is 10.2. The van der Waals surface area contributed by atoms with Crippen LogP contribution in [0, 0.1) is 12.7 Å². The first-order chi connectivity index (χ1) is 8.61. The second-order valence-corrected chi connectivity index (χ2v) is 3.64. The fraction of sp³-hybridized carbons (Fsp3) is 0.167. The van der Waals surface area contributed by atoms with Gasteiger partial charge in [0.05, 0.1) is 7.11 Å². The zero-order valence-corrected chi connectivity index (χ0v) is 9.98. The Bertz CT molecular complexity index is 575. The van der Waals surface area contributed by atoms with Crippen LogP contribution in [-0.2, 0) is 0 Å². The maximum atomic E-state index is 13.5. The molecule has 5 nitrogen and oxygen atoms in total. The number of aryl methyl sites for hydroxylation is 1. The first kappa shape index (κ1) is 12.1. The molecule has 2 aromatic rings. The summed E-state index contributed by atoms with van der Waals surface area (Å²) in [6, 6.07) is 4.52. The van der Waals surface area contributed by atoms with Gasteiger partial charge in [0, 0.05) is 0 Å². The number of benzene rings is 1. The molecule has 0 bridgehead atoms. The smallest absolute Gasteiger partial charge is 0.249 e. The Kier molecular flexibility index (Phi) is 3.27. The molecule has 0 amide bonds. The predicted octanol–water partition coefficient (Wildman–Crippen LogP) is 2.31. The van der Waals surface area contributed by atoms with Crippen LogP contribution >= 0.6 is 0 Å². The Morgan fingerprint density at radius 3 is 2.67 bits per heavy atom. The van der Waals surface area contributed by atoms with Crippen molar-refractivity contribution in [1.82, 2.24) is 9.97 Å². The fourth-order valence-corrected chi connectivity index (χ4v) is 1.40. The zero-order valence-electron chi connectivity index (χ0n) is 9.98. The summed E-state index contributed by atoms with van der Waals surface area (Å²) in [4.78, 5) is 7.65. The van der Waals surface area contributed by atoms with Crippen molar-refractivity contribution in [3.05, 3.63) is 35.9 Å². The van der Waals surface area contributed by atoms with Gasteiger partial charge in [0.2, 0.25) is 11.8 Å². The molecule has 1 heterocycles. The van der Waals surface area contributed by atoms with Crippen molar-refractivity contribution in [2.75, 3.05) is 12.8 Å². The first-order valence-electron chi connectivity index (χ1n) is 5.20. The number of aromatic nitrogens is 2. The van der Waals surface area contributed by atoms with E-state index < -0.39 is 5.82 Å². The molecule has 2 N–H and O–H groups in total. The molecule has 94 valence electrons. The Labute approximate surface area is 103 Å². The quantitative estimate of drug-likeness (QED) is 0.903. The number of hydrogen-bond acceptors (Lipinski definition) is 5. The van der Waals surface area contributed by atoms with Gasteiger partial charge in [0.25, 0.3) is 0 Å². The van der Waals surface area contributed by atoms with Crippen molar-refractivity contribution in [1.29, 1.82) is 0 Å². The van der Waals surface area contributed by atoms with Gasteiger partial charge < -0.3 is 15.2 Å². The molecule has 6 heteroatoms. The van der Waals surface area contributed by atoms with E-state index in [0.717, 1.165) is 5.56 Å². The van der Waals surface area contributed by atoms with E-state index >= 15 is 0 Å². The Morgan fingerprint density at radius 1 is 1.22 bits per heavy atom. The molecule has 0 saturated heterocycles. The zero-order chi connectivity index (χ0) is 13.1. The van der Waals surface area contributed by atoms with Crippen molar-refractivity contribution in [3.8, 4) is 17.5 Å². The van der Waals surface area contributed by atoms with Gasteiger partial charge in [-0.25, -0.2) is 4.39 Å². The van der Waals surface area contributed by atoms with Gasteiger partial charge in [0.1, 0.15) is 6.33 Å². The second kappa shape index (κ2) is 4.87. The number of ether oxygens (including phenoxy) is 2. The molecule has 0 spiro atoms. The molecular formula is C12H12FN3O2. The Hall–Kier alpha value is -2.37. The van der Waals surface area contributed by atoms with Crippen molar-refractivity contribution in [2.24, 2.45) is 0 Å². The van der Waals surface area contributed by atoms with Crippen LogP contribution < -0.4 is 15.2 Å². The molecule has 0 atom stereocenters. The van der Waals surface area contributed by atoms with Crippen molar-refractivity contribution < 1.29 is 13.9 Å². The minimum atomic E-state index is -0.488. The van der Waals surface area contributed by atoms with E-state index in [1.54, 1.807) is 12.1 Å². The van der Waals surface area contributed by atoms with E-state index in [1.165, 1.54) is 19.5 Å². The SMILES string of the molecule is COc1ncnc(Oc2cc(C)ccc2F)c1N. The highest BCUT2D eigenvalue weighted by Crippen LogP contribution is 2.31. The van der Waals surface area contributed by atoms with Crippen molar-refractivity contribution >= 4 is 5.69 Å². The van der Waals surface area contributed by atoms with Gasteiger partial charge >= 0.3 is 0 Å². The molecule has 0 saturated carbocycles. The number of anilines is 1. The number of hydrogen-bond donors (Lipinski definition) is 1. The highest BCUT2D eigenvalue weighted by molar-refractivity contribution is 5.56. The van der Waals surface area contributed by atoms with Crippen LogP contribution in [0.15, 0.2) is 24.5 Å². The Morgan fingerprint density at radius 2 is 1.94 bits per heavy atom. The maximum absolute atomic E-state index is 13.5. The third-order valence-corrected chi connectivity index (χ3v) is 2.30. The minimum absolute atomic E-state index is 0.0578. The second-order valence-electron chi connectivity index (χ2n) is 3.64.